The number of anilines is 1. The Bertz CT molecular complexity index is 1200. The zero-order valence-corrected chi connectivity index (χ0v) is 21.5. The third-order valence-electron chi connectivity index (χ3n) is 8.11. The first-order valence-corrected chi connectivity index (χ1v) is 13.0. The molecular formula is C29H34N2O6. The van der Waals surface area contributed by atoms with Crippen LogP contribution in [0.3, 0.4) is 0 Å². The molecule has 2 bridgehead atoms. The monoisotopic (exact) mass is 506 g/mol. The Morgan fingerprint density at radius 3 is 2.68 bits per heavy atom. The van der Waals surface area contributed by atoms with Gasteiger partial charge in [-0.05, 0) is 62.8 Å². The molecule has 2 N–H and O–H groups in total. The standard InChI is InChI=1S/C29H34N2O6/c1-4-36-28(35)23-22-12-13-29(37-22)24(23)27(34)31(20(16-32)15-19-8-6-5-7-9-19)25(29)26(33)30-21-14-17(2)10-11-18(21)3/h5-11,14,20,22-25,32H,4,12-13,15-16H2,1-3H3,(H,30,33)/t20-,22-,23+,24+,25?,29?/m1/s1. The number of nitrogens with one attached hydrogen (secondary N) is 1. The zero-order chi connectivity index (χ0) is 26.3. The number of aryl methyl sites for hydroxylation is 2. The van der Waals surface area contributed by atoms with Crippen molar-refractivity contribution in [1.82, 2.24) is 4.90 Å². The third-order valence-corrected chi connectivity index (χ3v) is 8.11. The van der Waals surface area contributed by atoms with Crippen molar-refractivity contribution in [2.45, 2.75) is 63.8 Å². The predicted molar refractivity (Wildman–Crippen MR) is 137 cm³/mol. The molecule has 3 heterocycles. The van der Waals surface area contributed by atoms with Crippen molar-refractivity contribution in [2.75, 3.05) is 18.5 Å². The van der Waals surface area contributed by atoms with Gasteiger partial charge in [0.15, 0.2) is 0 Å². The Morgan fingerprint density at radius 2 is 1.97 bits per heavy atom. The minimum Gasteiger partial charge on any atom is -0.466 e. The first kappa shape index (κ1) is 25.4. The molecule has 6 atom stereocenters. The second kappa shape index (κ2) is 9.91. The number of nitrogens with zero attached hydrogens (tertiary/aromatic N) is 1. The molecule has 8 nitrogen and oxygen atoms in total. The van der Waals surface area contributed by atoms with E-state index in [0.717, 1.165) is 16.7 Å². The Kier molecular flexibility index (Phi) is 6.81. The highest BCUT2D eigenvalue weighted by Crippen LogP contribution is 2.59. The van der Waals surface area contributed by atoms with Crippen molar-refractivity contribution < 1.29 is 29.0 Å². The van der Waals surface area contributed by atoms with Crippen molar-refractivity contribution in [3.05, 3.63) is 65.2 Å². The fourth-order valence-corrected chi connectivity index (χ4v) is 6.50. The predicted octanol–water partition coefficient (Wildman–Crippen LogP) is 2.78. The molecule has 8 heteroatoms. The number of fused-ring (bicyclic) bond motifs is 1. The number of hydrogen-bond donors (Lipinski definition) is 2. The van der Waals surface area contributed by atoms with Gasteiger partial charge in [0.2, 0.25) is 11.8 Å². The number of aliphatic hydroxyl groups excluding tert-OH is 1. The molecule has 0 aliphatic carbocycles. The molecule has 2 amide bonds. The number of aliphatic hydroxyl groups is 1. The van der Waals surface area contributed by atoms with Crippen molar-refractivity contribution in [1.29, 1.82) is 0 Å². The lowest BCUT2D eigenvalue weighted by atomic mass is 9.70. The maximum Gasteiger partial charge on any atom is 0.312 e. The number of ether oxygens (including phenoxy) is 2. The van der Waals surface area contributed by atoms with Gasteiger partial charge < -0.3 is 24.8 Å². The first-order valence-electron chi connectivity index (χ1n) is 13.0. The van der Waals surface area contributed by atoms with Gasteiger partial charge in [0.1, 0.15) is 11.6 Å². The number of likely N-dealkylation sites (tertiary alicyclic amines) is 1. The minimum absolute atomic E-state index is 0.198. The van der Waals surface area contributed by atoms with Crippen LogP contribution in [0.1, 0.15) is 36.5 Å². The van der Waals surface area contributed by atoms with Gasteiger partial charge in [-0.3, -0.25) is 14.4 Å². The maximum atomic E-state index is 14.1. The Hall–Kier alpha value is -3.23. The lowest BCUT2D eigenvalue weighted by Crippen LogP contribution is -2.56. The van der Waals surface area contributed by atoms with Crippen LogP contribution >= 0.6 is 0 Å². The van der Waals surface area contributed by atoms with E-state index in [0.29, 0.717) is 24.9 Å². The van der Waals surface area contributed by atoms with E-state index >= 15 is 0 Å². The van der Waals surface area contributed by atoms with Gasteiger partial charge in [0.05, 0.1) is 37.2 Å². The second-order valence-electron chi connectivity index (χ2n) is 10.4. The number of carbonyl (C=O) groups excluding carboxylic acids is 3. The highest BCUT2D eigenvalue weighted by atomic mass is 16.6. The summed E-state index contributed by atoms with van der Waals surface area (Å²) in [6, 6.07) is 13.7. The molecule has 2 aromatic rings. The summed E-state index contributed by atoms with van der Waals surface area (Å²) in [6.45, 7) is 5.46. The highest BCUT2D eigenvalue weighted by molar-refractivity contribution is 6.03. The number of benzene rings is 2. The summed E-state index contributed by atoms with van der Waals surface area (Å²) in [7, 11) is 0. The largest absolute Gasteiger partial charge is 0.466 e. The van der Waals surface area contributed by atoms with Crippen molar-refractivity contribution >= 4 is 23.5 Å². The van der Waals surface area contributed by atoms with Crippen LogP contribution in [0.4, 0.5) is 5.69 Å². The van der Waals surface area contributed by atoms with Gasteiger partial charge in [-0.25, -0.2) is 0 Å². The van der Waals surface area contributed by atoms with E-state index in [1.807, 2.05) is 62.4 Å². The number of amides is 2. The van der Waals surface area contributed by atoms with Crippen LogP contribution < -0.4 is 5.32 Å². The maximum absolute atomic E-state index is 14.1. The van der Waals surface area contributed by atoms with Gasteiger partial charge in [-0.15, -0.1) is 0 Å². The molecule has 2 aromatic carbocycles. The normalized spacial score (nSPS) is 28.8. The number of rotatable bonds is 8. The van der Waals surface area contributed by atoms with Crippen LogP contribution in [-0.2, 0) is 30.3 Å². The van der Waals surface area contributed by atoms with Crippen molar-refractivity contribution in [2.24, 2.45) is 11.8 Å². The minimum atomic E-state index is -1.15. The molecule has 0 aromatic heterocycles. The molecule has 0 radical (unpaired) electrons. The van der Waals surface area contributed by atoms with Gasteiger partial charge in [0.25, 0.3) is 0 Å². The van der Waals surface area contributed by atoms with E-state index in [-0.39, 0.29) is 25.0 Å². The average molecular weight is 507 g/mol. The van der Waals surface area contributed by atoms with E-state index in [9.17, 15) is 19.5 Å². The molecule has 3 aliphatic heterocycles. The summed E-state index contributed by atoms with van der Waals surface area (Å²) in [5.41, 5.74) is 2.34. The molecule has 37 heavy (non-hydrogen) atoms. The Morgan fingerprint density at radius 1 is 1.22 bits per heavy atom. The van der Waals surface area contributed by atoms with E-state index < -0.39 is 41.6 Å². The van der Waals surface area contributed by atoms with Gasteiger partial charge >= 0.3 is 5.97 Å². The fraction of sp³-hybridized carbons (Fsp3) is 0.483. The summed E-state index contributed by atoms with van der Waals surface area (Å²) in [4.78, 5) is 42.6. The van der Waals surface area contributed by atoms with E-state index in [2.05, 4.69) is 5.32 Å². The molecule has 1 spiro atoms. The summed E-state index contributed by atoms with van der Waals surface area (Å²) in [5.74, 6) is -2.77. The van der Waals surface area contributed by atoms with Crippen LogP contribution in [0.5, 0.6) is 0 Å². The highest BCUT2D eigenvalue weighted by Gasteiger charge is 2.75. The third kappa shape index (κ3) is 4.22. The molecule has 0 saturated carbocycles. The molecular weight excluding hydrogens is 472 g/mol. The second-order valence-corrected chi connectivity index (χ2v) is 10.4. The van der Waals surface area contributed by atoms with Crippen LogP contribution in [0, 0.1) is 25.7 Å². The van der Waals surface area contributed by atoms with Crippen molar-refractivity contribution in [3.63, 3.8) is 0 Å². The van der Waals surface area contributed by atoms with Crippen LogP contribution in [0.15, 0.2) is 48.5 Å². The lowest BCUT2D eigenvalue weighted by Gasteiger charge is -2.37. The van der Waals surface area contributed by atoms with Crippen LogP contribution in [0.25, 0.3) is 0 Å². The zero-order valence-electron chi connectivity index (χ0n) is 21.5. The Balaban J connectivity index is 1.55. The summed E-state index contributed by atoms with van der Waals surface area (Å²) in [6.07, 6.45) is 0.950. The van der Waals surface area contributed by atoms with E-state index in [1.165, 1.54) is 4.90 Å². The molecule has 2 unspecified atom stereocenters. The number of esters is 1. The fourth-order valence-electron chi connectivity index (χ4n) is 6.50. The smallest absolute Gasteiger partial charge is 0.312 e. The van der Waals surface area contributed by atoms with E-state index in [4.69, 9.17) is 9.47 Å². The van der Waals surface area contributed by atoms with Gasteiger partial charge in [0, 0.05) is 5.69 Å². The summed E-state index contributed by atoms with van der Waals surface area (Å²) < 4.78 is 11.8. The number of hydrogen-bond acceptors (Lipinski definition) is 6. The molecule has 5 rings (SSSR count). The van der Waals surface area contributed by atoms with Gasteiger partial charge in [-0.1, -0.05) is 42.5 Å². The molecule has 3 aliphatic rings. The SMILES string of the molecule is CCOC(=O)[C@@H]1[C@H]2C(=O)N([C@@H](CO)Cc3ccccc3)C(C(=O)Nc3cc(C)ccc3C)C23CC[C@H]1O3. The summed E-state index contributed by atoms with van der Waals surface area (Å²) in [5, 5.41) is 13.5. The molecule has 196 valence electrons. The van der Waals surface area contributed by atoms with Crippen LogP contribution in [0.2, 0.25) is 0 Å². The quantitative estimate of drug-likeness (QED) is 0.534. The van der Waals surface area contributed by atoms with E-state index in [1.54, 1.807) is 6.92 Å². The molecule has 3 saturated heterocycles. The number of carbonyl (C=O) groups is 3. The first-order chi connectivity index (χ1) is 17.8. The van der Waals surface area contributed by atoms with Crippen molar-refractivity contribution in [3.8, 4) is 0 Å². The summed E-state index contributed by atoms with van der Waals surface area (Å²) >= 11 is 0. The lowest BCUT2D eigenvalue weighted by molar-refractivity contribution is -0.155. The van der Waals surface area contributed by atoms with Crippen LogP contribution in [-0.4, -0.2) is 64.8 Å². The molecule has 3 fully saturated rings. The topological polar surface area (TPSA) is 105 Å². The van der Waals surface area contributed by atoms with Gasteiger partial charge in [-0.2, -0.15) is 0 Å². The average Bonchev–Trinajstić information content (AvgIpc) is 3.53. The Labute approximate surface area is 216 Å².